The quantitative estimate of drug-likeness (QED) is 0.810. The maximum Gasteiger partial charge on any atom is 0.234 e. The van der Waals surface area contributed by atoms with Crippen molar-refractivity contribution >= 4 is 0 Å². The SMILES string of the molecule is CCOc1cc2c(cc1OCC)-c1c(c(=O)c1=O)C(C)C2. The summed E-state index contributed by atoms with van der Waals surface area (Å²) in [6.07, 6.45) is 0.750. The normalized spacial score (nSPS) is 16.4. The van der Waals surface area contributed by atoms with E-state index in [1.54, 1.807) is 0 Å². The molecule has 1 aliphatic rings. The summed E-state index contributed by atoms with van der Waals surface area (Å²) >= 11 is 0. The van der Waals surface area contributed by atoms with Crippen LogP contribution in [-0.4, -0.2) is 13.2 Å². The molecule has 4 nitrogen and oxygen atoms in total. The van der Waals surface area contributed by atoms with E-state index in [1.807, 2.05) is 32.9 Å². The topological polar surface area (TPSA) is 52.6 Å². The highest BCUT2D eigenvalue weighted by Gasteiger charge is 2.33. The maximum absolute atomic E-state index is 11.9. The van der Waals surface area contributed by atoms with Gasteiger partial charge < -0.3 is 9.47 Å². The number of fused-ring (bicyclic) bond motifs is 3. The summed E-state index contributed by atoms with van der Waals surface area (Å²) in [4.78, 5) is 23.6. The van der Waals surface area contributed by atoms with Gasteiger partial charge in [-0.25, -0.2) is 0 Å². The molecule has 1 aliphatic carbocycles. The standard InChI is InChI=1S/C17H18O4/c1-4-20-12-7-10-6-9(3)14-15(17(19)16(14)18)11(10)8-13(12)21-5-2/h7-9H,4-6H2,1-3H3. The maximum atomic E-state index is 11.9. The van der Waals surface area contributed by atoms with Crippen LogP contribution in [0.15, 0.2) is 21.7 Å². The van der Waals surface area contributed by atoms with Gasteiger partial charge in [-0.2, -0.15) is 0 Å². The molecule has 1 unspecified atom stereocenters. The largest absolute Gasteiger partial charge is 0.490 e. The van der Waals surface area contributed by atoms with Gasteiger partial charge in [-0.15, -0.1) is 0 Å². The van der Waals surface area contributed by atoms with E-state index in [0.717, 1.165) is 17.5 Å². The Bertz CT molecular complexity index is 766. The minimum Gasteiger partial charge on any atom is -0.490 e. The molecule has 0 saturated carbocycles. The van der Waals surface area contributed by atoms with E-state index in [0.29, 0.717) is 35.8 Å². The molecule has 0 heterocycles. The predicted octanol–water partition coefficient (Wildman–Crippen LogP) is 2.41. The van der Waals surface area contributed by atoms with Gasteiger partial charge in [0.2, 0.25) is 10.9 Å². The molecule has 0 saturated heterocycles. The van der Waals surface area contributed by atoms with Gasteiger partial charge >= 0.3 is 0 Å². The molecule has 0 fully saturated rings. The third-order valence-electron chi connectivity index (χ3n) is 4.00. The molecule has 110 valence electrons. The van der Waals surface area contributed by atoms with Crippen LogP contribution in [0.1, 0.15) is 37.8 Å². The zero-order chi connectivity index (χ0) is 15.1. The molecule has 0 aromatic heterocycles. The van der Waals surface area contributed by atoms with Crippen molar-refractivity contribution in [3.63, 3.8) is 0 Å². The molecule has 0 amide bonds. The van der Waals surface area contributed by atoms with Crippen molar-refractivity contribution in [1.82, 2.24) is 0 Å². The van der Waals surface area contributed by atoms with Gasteiger partial charge in [-0.05, 0) is 49.4 Å². The first-order valence-corrected chi connectivity index (χ1v) is 7.34. The molecule has 0 N–H and O–H groups in total. The molecule has 3 rings (SSSR count). The van der Waals surface area contributed by atoms with Crippen molar-refractivity contribution in [1.29, 1.82) is 0 Å². The van der Waals surface area contributed by atoms with Crippen molar-refractivity contribution in [2.75, 3.05) is 13.2 Å². The fourth-order valence-electron chi connectivity index (χ4n) is 3.12. The van der Waals surface area contributed by atoms with E-state index in [-0.39, 0.29) is 16.8 Å². The lowest BCUT2D eigenvalue weighted by Crippen LogP contribution is -2.40. The molecule has 4 heteroatoms. The van der Waals surface area contributed by atoms with Crippen LogP contribution < -0.4 is 20.3 Å². The van der Waals surface area contributed by atoms with Crippen LogP contribution in [0.25, 0.3) is 11.1 Å². The van der Waals surface area contributed by atoms with Gasteiger partial charge in [-0.1, -0.05) is 6.92 Å². The lowest BCUT2D eigenvalue weighted by molar-refractivity contribution is 0.287. The first-order valence-electron chi connectivity index (χ1n) is 7.34. The van der Waals surface area contributed by atoms with Crippen molar-refractivity contribution < 1.29 is 9.47 Å². The number of hydrogen-bond donors (Lipinski definition) is 0. The van der Waals surface area contributed by atoms with E-state index in [4.69, 9.17) is 9.47 Å². The van der Waals surface area contributed by atoms with Crippen LogP contribution in [0.2, 0.25) is 0 Å². The molecule has 0 spiro atoms. The van der Waals surface area contributed by atoms with Crippen LogP contribution in [0.4, 0.5) is 0 Å². The summed E-state index contributed by atoms with van der Waals surface area (Å²) in [5.41, 5.74) is 2.45. The van der Waals surface area contributed by atoms with E-state index >= 15 is 0 Å². The highest BCUT2D eigenvalue weighted by molar-refractivity contribution is 5.79. The number of benzene rings is 1. The molecule has 0 aliphatic heterocycles. The third kappa shape index (κ3) is 1.97. The highest BCUT2D eigenvalue weighted by Crippen LogP contribution is 2.42. The smallest absolute Gasteiger partial charge is 0.234 e. The second-order valence-corrected chi connectivity index (χ2v) is 5.37. The Morgan fingerprint density at radius 3 is 2.29 bits per heavy atom. The predicted molar refractivity (Wildman–Crippen MR) is 81.2 cm³/mol. The average Bonchev–Trinajstić information content (AvgIpc) is 2.46. The van der Waals surface area contributed by atoms with Crippen molar-refractivity contribution in [2.45, 2.75) is 33.1 Å². The molecular formula is C17H18O4. The van der Waals surface area contributed by atoms with Crippen LogP contribution in [0.3, 0.4) is 0 Å². The Morgan fingerprint density at radius 2 is 1.67 bits per heavy atom. The van der Waals surface area contributed by atoms with Gasteiger partial charge in [-0.3, -0.25) is 9.59 Å². The Morgan fingerprint density at radius 1 is 1.05 bits per heavy atom. The first-order chi connectivity index (χ1) is 10.1. The van der Waals surface area contributed by atoms with Gasteiger partial charge in [0, 0.05) is 11.1 Å². The van der Waals surface area contributed by atoms with E-state index < -0.39 is 0 Å². The summed E-state index contributed by atoms with van der Waals surface area (Å²) in [6.45, 7) is 6.89. The van der Waals surface area contributed by atoms with Gasteiger partial charge in [0.1, 0.15) is 0 Å². The number of hydrogen-bond acceptors (Lipinski definition) is 4. The van der Waals surface area contributed by atoms with Gasteiger partial charge in [0.15, 0.2) is 11.5 Å². The molecule has 0 radical (unpaired) electrons. The fraction of sp³-hybridized carbons (Fsp3) is 0.412. The van der Waals surface area contributed by atoms with Crippen molar-refractivity contribution in [3.8, 4) is 22.6 Å². The van der Waals surface area contributed by atoms with Gasteiger partial charge in [0.05, 0.1) is 13.2 Å². The molecule has 2 aromatic carbocycles. The molecule has 21 heavy (non-hydrogen) atoms. The van der Waals surface area contributed by atoms with Crippen LogP contribution in [0.5, 0.6) is 11.5 Å². The Balaban J connectivity index is 2.18. The lowest BCUT2D eigenvalue weighted by Gasteiger charge is -2.27. The number of ether oxygens (including phenoxy) is 2. The summed E-state index contributed by atoms with van der Waals surface area (Å²) in [6, 6.07) is 3.79. The molecule has 0 bridgehead atoms. The average molecular weight is 286 g/mol. The molecule has 2 aromatic rings. The second kappa shape index (κ2) is 5.02. The van der Waals surface area contributed by atoms with E-state index in [2.05, 4.69) is 0 Å². The summed E-state index contributed by atoms with van der Waals surface area (Å²) < 4.78 is 11.2. The zero-order valence-corrected chi connectivity index (χ0v) is 12.5. The summed E-state index contributed by atoms with van der Waals surface area (Å²) in [5.74, 6) is 1.42. The third-order valence-corrected chi connectivity index (χ3v) is 4.00. The zero-order valence-electron chi connectivity index (χ0n) is 12.5. The Labute approximate surface area is 123 Å². The lowest BCUT2D eigenvalue weighted by atomic mass is 9.76. The van der Waals surface area contributed by atoms with Crippen LogP contribution in [0, 0.1) is 0 Å². The number of rotatable bonds is 4. The Hall–Kier alpha value is -2.10. The minimum absolute atomic E-state index is 0.0881. The monoisotopic (exact) mass is 286 g/mol. The summed E-state index contributed by atoms with van der Waals surface area (Å²) in [5, 5.41) is 0. The summed E-state index contributed by atoms with van der Waals surface area (Å²) in [7, 11) is 0. The van der Waals surface area contributed by atoms with Crippen molar-refractivity contribution in [3.05, 3.63) is 43.7 Å². The molecule has 1 atom stereocenters. The fourth-order valence-corrected chi connectivity index (χ4v) is 3.12. The van der Waals surface area contributed by atoms with Crippen molar-refractivity contribution in [2.24, 2.45) is 0 Å². The Kier molecular flexibility index (Phi) is 3.32. The van der Waals surface area contributed by atoms with Crippen LogP contribution in [-0.2, 0) is 6.42 Å². The van der Waals surface area contributed by atoms with E-state index in [9.17, 15) is 9.59 Å². The highest BCUT2D eigenvalue weighted by atomic mass is 16.5. The first kappa shape index (κ1) is 13.9. The molecular weight excluding hydrogens is 268 g/mol. The van der Waals surface area contributed by atoms with E-state index in [1.165, 1.54) is 0 Å². The second-order valence-electron chi connectivity index (χ2n) is 5.37. The van der Waals surface area contributed by atoms with Crippen LogP contribution >= 0.6 is 0 Å². The van der Waals surface area contributed by atoms with Gasteiger partial charge in [0.25, 0.3) is 0 Å². The minimum atomic E-state index is -0.371.